The summed E-state index contributed by atoms with van der Waals surface area (Å²) in [6.07, 6.45) is 9.19. The highest BCUT2D eigenvalue weighted by Gasteiger charge is 2.16. The van der Waals surface area contributed by atoms with Gasteiger partial charge in [-0.2, -0.15) is 22.8 Å². The van der Waals surface area contributed by atoms with E-state index in [-0.39, 0.29) is 0 Å². The molecule has 3 aromatic heterocycles. The van der Waals surface area contributed by atoms with Gasteiger partial charge >= 0.3 is 0 Å². The van der Waals surface area contributed by atoms with Gasteiger partial charge in [-0.3, -0.25) is 14.2 Å². The number of aryl methyl sites for hydroxylation is 1. The van der Waals surface area contributed by atoms with Crippen LogP contribution in [-0.4, -0.2) is 45.5 Å². The third-order valence-corrected chi connectivity index (χ3v) is 4.77. The monoisotopic (exact) mass is 434 g/mol. The molecule has 4 heterocycles. The average Bonchev–Trinajstić information content (AvgIpc) is 3.26. The van der Waals surface area contributed by atoms with Crippen molar-refractivity contribution in [3.8, 4) is 28.3 Å². The zero-order chi connectivity index (χ0) is 21.8. The van der Waals surface area contributed by atoms with E-state index in [0.717, 1.165) is 27.7 Å². The first-order chi connectivity index (χ1) is 15.2. The lowest BCUT2D eigenvalue weighted by molar-refractivity contribution is 0.173. The molecule has 8 nitrogen and oxygen atoms in total. The summed E-state index contributed by atoms with van der Waals surface area (Å²) < 4.78 is 15.3. The number of hydrogen-bond acceptors (Lipinski definition) is 7. The van der Waals surface area contributed by atoms with Gasteiger partial charge < -0.3 is 9.47 Å². The molecule has 0 aliphatic carbocycles. The minimum atomic E-state index is 0.515. The van der Waals surface area contributed by atoms with Gasteiger partial charge in [0.2, 0.25) is 0 Å². The van der Waals surface area contributed by atoms with Gasteiger partial charge in [0.15, 0.2) is 17.0 Å². The Hall–Kier alpha value is -3.59. The van der Waals surface area contributed by atoms with Crippen molar-refractivity contribution in [1.29, 1.82) is 0 Å². The standard InChI is InChI=1S/C21H18N6O2.CH4S/c1-22-25-20-6-3-14(15-10-24-26(2)12-15)13-27(20)16-4-5-18-17(9-16)21-19(11-23-18)28-7-8-29-21;1-2/h3-6,9-13H,1,7-8H2,2H3;2H,1H3/b25-20-;. The second-order valence-corrected chi connectivity index (χ2v) is 6.64. The van der Waals surface area contributed by atoms with E-state index >= 15 is 0 Å². The summed E-state index contributed by atoms with van der Waals surface area (Å²) in [4.78, 5) is 4.48. The maximum Gasteiger partial charge on any atom is 0.180 e. The van der Waals surface area contributed by atoms with Crippen molar-refractivity contribution in [2.75, 3.05) is 19.5 Å². The maximum atomic E-state index is 5.86. The molecule has 0 spiro atoms. The van der Waals surface area contributed by atoms with E-state index in [1.54, 1.807) is 17.1 Å². The fraction of sp³-hybridized carbons (Fsp3) is 0.182. The Bertz CT molecular complexity index is 1310. The van der Waals surface area contributed by atoms with Crippen molar-refractivity contribution in [2.24, 2.45) is 17.3 Å². The molecule has 0 amide bonds. The van der Waals surface area contributed by atoms with E-state index in [1.807, 2.05) is 60.5 Å². The van der Waals surface area contributed by atoms with Crippen LogP contribution in [0.25, 0.3) is 27.7 Å². The topological polar surface area (TPSA) is 78.8 Å². The molecule has 1 aromatic carbocycles. The first-order valence-corrected chi connectivity index (χ1v) is 10.5. The largest absolute Gasteiger partial charge is 0.485 e. The lowest BCUT2D eigenvalue weighted by Crippen LogP contribution is -2.18. The van der Waals surface area contributed by atoms with Crippen LogP contribution in [-0.2, 0) is 7.05 Å². The third-order valence-electron chi connectivity index (χ3n) is 4.77. The van der Waals surface area contributed by atoms with Gasteiger partial charge in [0, 0.05) is 48.4 Å². The zero-order valence-corrected chi connectivity index (χ0v) is 18.2. The highest BCUT2D eigenvalue weighted by atomic mass is 32.1. The van der Waals surface area contributed by atoms with Crippen LogP contribution in [0.4, 0.5) is 0 Å². The number of nitrogens with zero attached hydrogens (tertiary/aromatic N) is 6. The molecule has 4 aromatic rings. The molecule has 9 heteroatoms. The van der Waals surface area contributed by atoms with Crippen LogP contribution in [0.1, 0.15) is 0 Å². The van der Waals surface area contributed by atoms with Crippen molar-refractivity contribution in [3.05, 3.63) is 60.6 Å². The van der Waals surface area contributed by atoms with Gasteiger partial charge in [-0.1, -0.05) is 0 Å². The van der Waals surface area contributed by atoms with Crippen molar-refractivity contribution < 1.29 is 9.47 Å². The summed E-state index contributed by atoms with van der Waals surface area (Å²) in [6.45, 7) is 4.53. The van der Waals surface area contributed by atoms with Gasteiger partial charge in [0.1, 0.15) is 13.2 Å². The highest BCUT2D eigenvalue weighted by Crippen LogP contribution is 2.37. The molecule has 0 radical (unpaired) electrons. The molecular formula is C22H22N6O2S. The smallest absolute Gasteiger partial charge is 0.180 e. The van der Waals surface area contributed by atoms with Gasteiger partial charge in [-0.05, 0) is 36.6 Å². The Balaban J connectivity index is 0.00000112. The van der Waals surface area contributed by atoms with Crippen LogP contribution in [0.15, 0.2) is 65.3 Å². The molecule has 5 rings (SSSR count). The molecular weight excluding hydrogens is 412 g/mol. The van der Waals surface area contributed by atoms with Crippen LogP contribution in [0.5, 0.6) is 11.5 Å². The Labute approximate surface area is 184 Å². The fourth-order valence-corrected chi connectivity index (χ4v) is 3.43. The summed E-state index contributed by atoms with van der Waals surface area (Å²) >= 11 is 3.53. The number of hydrogen-bond donors (Lipinski definition) is 1. The van der Waals surface area contributed by atoms with Gasteiger partial charge in [-0.15, -0.1) is 5.10 Å². The second-order valence-electron chi connectivity index (χ2n) is 6.64. The fourth-order valence-electron chi connectivity index (χ4n) is 3.43. The molecule has 0 fully saturated rings. The molecule has 1 aliphatic rings. The average molecular weight is 435 g/mol. The number of thiol groups is 1. The normalized spacial score (nSPS) is 12.9. The Morgan fingerprint density at radius 3 is 2.65 bits per heavy atom. The SMILES string of the molecule is C=N/N=c1/ccc(-c2cnn(C)c2)cn1-c1ccc2ncc3c(c2c1)OCCO3.CS. The number of benzene rings is 1. The lowest BCUT2D eigenvalue weighted by Gasteiger charge is -2.20. The molecule has 0 unspecified atom stereocenters. The molecule has 0 saturated carbocycles. The molecule has 158 valence electrons. The summed E-state index contributed by atoms with van der Waals surface area (Å²) in [5.74, 6) is 1.38. The predicted octanol–water partition coefficient (Wildman–Crippen LogP) is 3.26. The van der Waals surface area contributed by atoms with Gasteiger partial charge in [0.25, 0.3) is 0 Å². The molecule has 31 heavy (non-hydrogen) atoms. The van der Waals surface area contributed by atoms with Crippen LogP contribution < -0.4 is 15.0 Å². The van der Waals surface area contributed by atoms with Gasteiger partial charge in [-0.25, -0.2) is 0 Å². The Morgan fingerprint density at radius 1 is 1.03 bits per heavy atom. The van der Waals surface area contributed by atoms with Crippen LogP contribution in [0, 0.1) is 0 Å². The minimum Gasteiger partial charge on any atom is -0.485 e. The molecule has 0 saturated heterocycles. The van der Waals surface area contributed by atoms with E-state index in [1.165, 1.54) is 0 Å². The second kappa shape index (κ2) is 9.05. The lowest BCUT2D eigenvalue weighted by atomic mass is 10.1. The van der Waals surface area contributed by atoms with E-state index in [4.69, 9.17) is 9.47 Å². The predicted molar refractivity (Wildman–Crippen MR) is 124 cm³/mol. The van der Waals surface area contributed by atoms with Crippen LogP contribution in [0.3, 0.4) is 0 Å². The van der Waals surface area contributed by atoms with E-state index in [0.29, 0.717) is 30.2 Å². The molecule has 0 atom stereocenters. The molecule has 0 bridgehead atoms. The van der Waals surface area contributed by atoms with E-state index in [2.05, 4.69) is 39.6 Å². The zero-order valence-electron chi connectivity index (χ0n) is 17.3. The maximum absolute atomic E-state index is 5.86. The first-order valence-electron chi connectivity index (χ1n) is 9.58. The molecule has 1 aliphatic heterocycles. The summed E-state index contributed by atoms with van der Waals surface area (Å²) in [5.41, 5.74) is 4.41. The summed E-state index contributed by atoms with van der Waals surface area (Å²) in [7, 11) is 1.89. The van der Waals surface area contributed by atoms with Crippen molar-refractivity contribution in [2.45, 2.75) is 0 Å². The number of aromatic nitrogens is 4. The number of ether oxygens (including phenoxy) is 2. The quantitative estimate of drug-likeness (QED) is 0.305. The van der Waals surface area contributed by atoms with Crippen molar-refractivity contribution in [1.82, 2.24) is 19.3 Å². The summed E-state index contributed by atoms with van der Waals surface area (Å²) in [6, 6.07) is 9.85. The Morgan fingerprint density at radius 2 is 1.87 bits per heavy atom. The number of pyridine rings is 2. The highest BCUT2D eigenvalue weighted by molar-refractivity contribution is 7.79. The third kappa shape index (κ3) is 4.04. The minimum absolute atomic E-state index is 0.515. The van der Waals surface area contributed by atoms with E-state index in [9.17, 15) is 0 Å². The first kappa shape index (κ1) is 20.7. The van der Waals surface area contributed by atoms with Crippen molar-refractivity contribution in [3.63, 3.8) is 0 Å². The number of fused-ring (bicyclic) bond motifs is 3. The molecule has 0 N–H and O–H groups in total. The Kier molecular flexibility index (Phi) is 6.03. The van der Waals surface area contributed by atoms with Crippen LogP contribution >= 0.6 is 12.6 Å². The summed E-state index contributed by atoms with van der Waals surface area (Å²) in [5, 5.41) is 13.0. The van der Waals surface area contributed by atoms with Crippen LogP contribution in [0.2, 0.25) is 0 Å². The van der Waals surface area contributed by atoms with Crippen molar-refractivity contribution >= 4 is 30.2 Å². The van der Waals surface area contributed by atoms with Gasteiger partial charge in [0.05, 0.1) is 17.9 Å². The number of rotatable bonds is 3. The van der Waals surface area contributed by atoms with E-state index < -0.39 is 0 Å².